The summed E-state index contributed by atoms with van der Waals surface area (Å²) in [6.45, 7) is 2.09. The number of nitrogens with zero attached hydrogens (tertiary/aromatic N) is 1. The van der Waals surface area contributed by atoms with Crippen LogP contribution in [0.25, 0.3) is 0 Å². The molecule has 0 aliphatic carbocycles. The first-order chi connectivity index (χ1) is 8.25. The van der Waals surface area contributed by atoms with E-state index < -0.39 is 0 Å². The van der Waals surface area contributed by atoms with Crippen LogP contribution in [-0.4, -0.2) is 6.21 Å². The number of benzene rings is 2. The maximum atomic E-state index is 5.83. The van der Waals surface area contributed by atoms with Gasteiger partial charge in [0.05, 0.1) is 6.04 Å². The summed E-state index contributed by atoms with van der Waals surface area (Å²) in [4.78, 5) is 4.53. The van der Waals surface area contributed by atoms with E-state index >= 15 is 0 Å². The molecule has 86 valence electrons. The lowest BCUT2D eigenvalue weighted by molar-refractivity contribution is 0.825. The van der Waals surface area contributed by atoms with Crippen molar-refractivity contribution in [2.45, 2.75) is 13.0 Å². The van der Waals surface area contributed by atoms with E-state index in [1.165, 1.54) is 5.56 Å². The number of rotatable bonds is 3. The van der Waals surface area contributed by atoms with Gasteiger partial charge in [0.2, 0.25) is 0 Å². The first kappa shape index (κ1) is 11.9. The molecule has 0 bridgehead atoms. The molecule has 0 heterocycles. The third-order valence-corrected chi connectivity index (χ3v) is 2.85. The van der Waals surface area contributed by atoms with Crippen LogP contribution in [0.2, 0.25) is 5.02 Å². The van der Waals surface area contributed by atoms with Crippen LogP contribution < -0.4 is 0 Å². The number of hydrogen-bond acceptors (Lipinski definition) is 1. The van der Waals surface area contributed by atoms with Crippen molar-refractivity contribution in [2.75, 3.05) is 0 Å². The molecule has 0 radical (unpaired) electrons. The zero-order valence-corrected chi connectivity index (χ0v) is 10.4. The highest BCUT2D eigenvalue weighted by atomic mass is 35.5. The van der Waals surface area contributed by atoms with Crippen LogP contribution in [0.5, 0.6) is 0 Å². The van der Waals surface area contributed by atoms with Crippen molar-refractivity contribution >= 4 is 17.8 Å². The van der Waals surface area contributed by atoms with E-state index in [2.05, 4.69) is 24.0 Å². The van der Waals surface area contributed by atoms with E-state index in [0.29, 0.717) is 0 Å². The molecule has 0 aliphatic rings. The van der Waals surface area contributed by atoms with Gasteiger partial charge in [-0.15, -0.1) is 0 Å². The lowest BCUT2D eigenvalue weighted by Crippen LogP contribution is -1.90. The fourth-order valence-corrected chi connectivity index (χ4v) is 1.69. The second-order valence-corrected chi connectivity index (χ2v) is 4.35. The van der Waals surface area contributed by atoms with Gasteiger partial charge in [-0.1, -0.05) is 54.1 Å². The van der Waals surface area contributed by atoms with Gasteiger partial charge >= 0.3 is 0 Å². The third-order valence-electron chi connectivity index (χ3n) is 2.60. The molecule has 0 N–H and O–H groups in total. The highest BCUT2D eigenvalue weighted by Gasteiger charge is 2.00. The van der Waals surface area contributed by atoms with Crippen molar-refractivity contribution in [1.29, 1.82) is 0 Å². The summed E-state index contributed by atoms with van der Waals surface area (Å²) < 4.78 is 0. The molecule has 0 saturated carbocycles. The Bertz CT molecular complexity index is 488. The monoisotopic (exact) mass is 243 g/mol. The van der Waals surface area contributed by atoms with Crippen molar-refractivity contribution in [3.05, 3.63) is 70.7 Å². The maximum Gasteiger partial charge on any atom is 0.0721 e. The van der Waals surface area contributed by atoms with Crippen LogP contribution in [0.15, 0.2) is 59.6 Å². The van der Waals surface area contributed by atoms with Gasteiger partial charge in [-0.25, -0.2) is 0 Å². The van der Waals surface area contributed by atoms with E-state index in [1.54, 1.807) is 0 Å². The summed E-state index contributed by atoms with van der Waals surface area (Å²) in [5, 5.41) is 0.748. The highest BCUT2D eigenvalue weighted by molar-refractivity contribution is 6.30. The first-order valence-corrected chi connectivity index (χ1v) is 5.97. The molecule has 0 saturated heterocycles. The Kier molecular flexibility index (Phi) is 3.94. The zero-order chi connectivity index (χ0) is 12.1. The van der Waals surface area contributed by atoms with Gasteiger partial charge in [-0.05, 0) is 30.2 Å². The molecule has 1 atom stereocenters. The van der Waals surface area contributed by atoms with Gasteiger partial charge in [-0.2, -0.15) is 0 Å². The Morgan fingerprint density at radius 1 is 1.00 bits per heavy atom. The molecule has 2 rings (SSSR count). The smallest absolute Gasteiger partial charge is 0.0721 e. The molecule has 1 nitrogen and oxygen atoms in total. The second-order valence-electron chi connectivity index (χ2n) is 3.92. The molecule has 0 aromatic heterocycles. The predicted octanol–water partition coefficient (Wildman–Crippen LogP) is 4.52. The van der Waals surface area contributed by atoms with Crippen molar-refractivity contribution in [1.82, 2.24) is 0 Å². The fraction of sp³-hybridized carbons (Fsp3) is 0.133. The van der Waals surface area contributed by atoms with Gasteiger partial charge in [0.15, 0.2) is 0 Å². The molecular weight excluding hydrogens is 230 g/mol. The van der Waals surface area contributed by atoms with Crippen LogP contribution in [0.4, 0.5) is 0 Å². The summed E-state index contributed by atoms with van der Waals surface area (Å²) in [6, 6.07) is 18.1. The number of halogens is 1. The quantitative estimate of drug-likeness (QED) is 0.703. The topological polar surface area (TPSA) is 12.4 Å². The molecule has 2 aromatic rings. The van der Waals surface area contributed by atoms with E-state index in [-0.39, 0.29) is 6.04 Å². The molecule has 0 aliphatic heterocycles. The second kappa shape index (κ2) is 5.65. The number of hydrogen-bond donors (Lipinski definition) is 0. The standard InChI is InChI=1S/C15H14ClN/c1-12(14-5-3-2-4-6-14)17-11-13-7-9-15(16)10-8-13/h2-12H,1H3. The van der Waals surface area contributed by atoms with E-state index in [9.17, 15) is 0 Å². The van der Waals surface area contributed by atoms with Gasteiger partial charge in [-0.3, -0.25) is 4.99 Å². The summed E-state index contributed by atoms with van der Waals surface area (Å²) >= 11 is 5.83. The van der Waals surface area contributed by atoms with Crippen LogP contribution in [0.3, 0.4) is 0 Å². The summed E-state index contributed by atoms with van der Waals surface area (Å²) in [5.41, 5.74) is 2.29. The highest BCUT2D eigenvalue weighted by Crippen LogP contribution is 2.16. The summed E-state index contributed by atoms with van der Waals surface area (Å²) in [5.74, 6) is 0. The Labute approximate surface area is 107 Å². The molecule has 0 amide bonds. The minimum atomic E-state index is 0.173. The molecular formula is C15H14ClN. The Morgan fingerprint density at radius 3 is 2.29 bits per heavy atom. The predicted molar refractivity (Wildman–Crippen MR) is 73.9 cm³/mol. The van der Waals surface area contributed by atoms with Gasteiger partial charge in [0, 0.05) is 11.2 Å². The van der Waals surface area contributed by atoms with Crippen molar-refractivity contribution in [3.8, 4) is 0 Å². The van der Waals surface area contributed by atoms with Gasteiger partial charge < -0.3 is 0 Å². The minimum absolute atomic E-state index is 0.173. The fourth-order valence-electron chi connectivity index (χ4n) is 1.56. The van der Waals surface area contributed by atoms with Gasteiger partial charge in [0.25, 0.3) is 0 Å². The zero-order valence-electron chi connectivity index (χ0n) is 9.68. The lowest BCUT2D eigenvalue weighted by Gasteiger charge is -2.05. The Hall–Kier alpha value is -1.60. The lowest BCUT2D eigenvalue weighted by atomic mass is 10.1. The SMILES string of the molecule is CC(N=Cc1ccc(Cl)cc1)c1ccccc1. The van der Waals surface area contributed by atoms with E-state index in [4.69, 9.17) is 11.6 Å². The van der Waals surface area contributed by atoms with Crippen molar-refractivity contribution < 1.29 is 0 Å². The van der Waals surface area contributed by atoms with Crippen LogP contribution in [0, 0.1) is 0 Å². The summed E-state index contributed by atoms with van der Waals surface area (Å²) in [7, 11) is 0. The largest absolute Gasteiger partial charge is 0.285 e. The van der Waals surface area contributed by atoms with E-state index in [1.807, 2.05) is 48.7 Å². The Morgan fingerprint density at radius 2 is 1.65 bits per heavy atom. The van der Waals surface area contributed by atoms with Crippen LogP contribution >= 0.6 is 11.6 Å². The molecule has 0 fully saturated rings. The normalized spacial score (nSPS) is 12.8. The van der Waals surface area contributed by atoms with Crippen molar-refractivity contribution in [3.63, 3.8) is 0 Å². The average molecular weight is 244 g/mol. The summed E-state index contributed by atoms with van der Waals surface area (Å²) in [6.07, 6.45) is 1.88. The molecule has 2 aromatic carbocycles. The number of aliphatic imine (C=N–C) groups is 1. The van der Waals surface area contributed by atoms with Crippen molar-refractivity contribution in [2.24, 2.45) is 4.99 Å². The third kappa shape index (κ3) is 3.43. The molecule has 1 unspecified atom stereocenters. The molecule has 17 heavy (non-hydrogen) atoms. The molecule has 0 spiro atoms. The molecule has 2 heteroatoms. The van der Waals surface area contributed by atoms with Gasteiger partial charge in [0.1, 0.15) is 0 Å². The van der Waals surface area contributed by atoms with Crippen LogP contribution in [0.1, 0.15) is 24.1 Å². The van der Waals surface area contributed by atoms with E-state index in [0.717, 1.165) is 10.6 Å². The maximum absolute atomic E-state index is 5.83. The van der Waals surface area contributed by atoms with Crippen LogP contribution in [-0.2, 0) is 0 Å². The Balaban J connectivity index is 2.08. The first-order valence-electron chi connectivity index (χ1n) is 5.59. The minimum Gasteiger partial charge on any atom is -0.285 e. The average Bonchev–Trinajstić information content (AvgIpc) is 2.39.